The Kier molecular flexibility index (Phi) is 3.85. The zero-order chi connectivity index (χ0) is 19.4. The second-order valence-corrected chi connectivity index (χ2v) is 8.04. The molecule has 5 rings (SSSR count). The van der Waals surface area contributed by atoms with Crippen LogP contribution < -0.4 is 10.9 Å². The number of carbonyl (C=O) groups excluding carboxylic acids is 2. The van der Waals surface area contributed by atoms with Crippen molar-refractivity contribution in [2.45, 2.75) is 25.3 Å². The first-order valence-electron chi connectivity index (χ1n) is 9.68. The summed E-state index contributed by atoms with van der Waals surface area (Å²) in [4.78, 5) is 43.5. The molecule has 3 aliphatic rings. The van der Waals surface area contributed by atoms with E-state index in [2.05, 4.69) is 15.4 Å². The smallest absolute Gasteiger partial charge is 0.285 e. The normalized spacial score (nSPS) is 22.8. The molecule has 1 saturated carbocycles. The second kappa shape index (κ2) is 6.29. The van der Waals surface area contributed by atoms with Crippen molar-refractivity contribution in [3.63, 3.8) is 0 Å². The molecular formula is C19H22N6O3. The third kappa shape index (κ3) is 2.81. The van der Waals surface area contributed by atoms with Crippen LogP contribution in [0.5, 0.6) is 0 Å². The lowest BCUT2D eigenvalue weighted by atomic mass is 9.99. The number of carbonyl (C=O) groups is 2. The predicted octanol–water partition coefficient (Wildman–Crippen LogP) is -0.0140. The fourth-order valence-corrected chi connectivity index (χ4v) is 4.27. The third-order valence-electron chi connectivity index (χ3n) is 6.05. The summed E-state index contributed by atoms with van der Waals surface area (Å²) in [6.45, 7) is 2.41. The fraction of sp³-hybridized carbons (Fsp3) is 0.526. The van der Waals surface area contributed by atoms with Gasteiger partial charge in [-0.25, -0.2) is 0 Å². The Morgan fingerprint density at radius 2 is 2.07 bits per heavy atom. The monoisotopic (exact) mass is 382 g/mol. The van der Waals surface area contributed by atoms with Crippen LogP contribution in [0, 0.1) is 11.8 Å². The van der Waals surface area contributed by atoms with Crippen molar-refractivity contribution < 1.29 is 9.59 Å². The molecule has 2 aliphatic heterocycles. The van der Waals surface area contributed by atoms with Crippen LogP contribution in [0.2, 0.25) is 0 Å². The van der Waals surface area contributed by atoms with Crippen LogP contribution in [-0.2, 0) is 13.6 Å². The van der Waals surface area contributed by atoms with Crippen molar-refractivity contribution in [3.05, 3.63) is 45.9 Å². The van der Waals surface area contributed by atoms with E-state index >= 15 is 0 Å². The van der Waals surface area contributed by atoms with E-state index in [1.165, 1.54) is 0 Å². The van der Waals surface area contributed by atoms with Gasteiger partial charge in [0.15, 0.2) is 0 Å². The van der Waals surface area contributed by atoms with E-state index < -0.39 is 5.56 Å². The summed E-state index contributed by atoms with van der Waals surface area (Å²) in [5.41, 5.74) is 0.164. The van der Waals surface area contributed by atoms with Gasteiger partial charge in [-0.15, -0.1) is 0 Å². The molecule has 0 spiro atoms. The Morgan fingerprint density at radius 3 is 2.79 bits per heavy atom. The Hall–Kier alpha value is -2.97. The molecule has 28 heavy (non-hydrogen) atoms. The van der Waals surface area contributed by atoms with Gasteiger partial charge in [-0.05, 0) is 24.8 Å². The van der Waals surface area contributed by atoms with Gasteiger partial charge >= 0.3 is 0 Å². The number of aromatic nitrogens is 4. The molecule has 2 amide bonds. The fourth-order valence-electron chi connectivity index (χ4n) is 4.27. The molecule has 1 aliphatic carbocycles. The zero-order valence-corrected chi connectivity index (χ0v) is 15.7. The second-order valence-electron chi connectivity index (χ2n) is 8.04. The first-order chi connectivity index (χ1) is 13.5. The SMILES string of the molecule is Cn1nccc1C(=O)N1C[C@@H]2Cn3cc(C(=O)NCC4CC4)c(=O)nc3[C@@H]2C1. The number of rotatable bonds is 4. The lowest BCUT2D eigenvalue weighted by Gasteiger charge is -2.18. The minimum atomic E-state index is -0.489. The van der Waals surface area contributed by atoms with Gasteiger partial charge in [-0.1, -0.05) is 0 Å². The summed E-state index contributed by atoms with van der Waals surface area (Å²) in [7, 11) is 1.75. The maximum atomic E-state index is 12.7. The van der Waals surface area contributed by atoms with E-state index in [9.17, 15) is 14.4 Å². The average molecular weight is 382 g/mol. The molecular weight excluding hydrogens is 360 g/mol. The Labute approximate surface area is 161 Å². The molecule has 9 nitrogen and oxygen atoms in total. The molecule has 2 aromatic rings. The van der Waals surface area contributed by atoms with Gasteiger partial charge in [-0.2, -0.15) is 10.1 Å². The average Bonchev–Trinajstić information content (AvgIpc) is 3.10. The van der Waals surface area contributed by atoms with Gasteiger partial charge in [0.1, 0.15) is 17.1 Å². The van der Waals surface area contributed by atoms with Gasteiger partial charge in [0.25, 0.3) is 17.4 Å². The van der Waals surface area contributed by atoms with E-state index in [1.54, 1.807) is 35.1 Å². The Balaban J connectivity index is 1.34. The Morgan fingerprint density at radius 1 is 1.25 bits per heavy atom. The van der Waals surface area contributed by atoms with Gasteiger partial charge in [-0.3, -0.25) is 19.1 Å². The maximum Gasteiger partial charge on any atom is 0.285 e. The quantitative estimate of drug-likeness (QED) is 0.801. The first-order valence-corrected chi connectivity index (χ1v) is 9.68. The molecule has 2 fully saturated rings. The molecule has 0 unspecified atom stereocenters. The predicted molar refractivity (Wildman–Crippen MR) is 98.9 cm³/mol. The summed E-state index contributed by atoms with van der Waals surface area (Å²) in [6.07, 6.45) is 5.52. The molecule has 0 aromatic carbocycles. The molecule has 0 bridgehead atoms. The summed E-state index contributed by atoms with van der Waals surface area (Å²) in [5, 5.41) is 6.89. The number of hydrogen-bond acceptors (Lipinski definition) is 5. The van der Waals surface area contributed by atoms with Crippen LogP contribution >= 0.6 is 0 Å². The summed E-state index contributed by atoms with van der Waals surface area (Å²) >= 11 is 0. The largest absolute Gasteiger partial charge is 0.352 e. The van der Waals surface area contributed by atoms with Crippen molar-refractivity contribution >= 4 is 11.8 Å². The van der Waals surface area contributed by atoms with Crippen LogP contribution in [0.25, 0.3) is 0 Å². The lowest BCUT2D eigenvalue weighted by molar-refractivity contribution is 0.0772. The molecule has 4 heterocycles. The summed E-state index contributed by atoms with van der Waals surface area (Å²) in [5.74, 6) is 1.05. The highest BCUT2D eigenvalue weighted by molar-refractivity contribution is 5.94. The molecule has 9 heteroatoms. The van der Waals surface area contributed by atoms with Crippen molar-refractivity contribution in [2.75, 3.05) is 19.6 Å². The number of nitrogens with zero attached hydrogens (tertiary/aromatic N) is 5. The van der Waals surface area contributed by atoms with Crippen molar-refractivity contribution in [1.29, 1.82) is 0 Å². The number of nitrogens with one attached hydrogen (secondary N) is 1. The van der Waals surface area contributed by atoms with E-state index in [-0.39, 0.29) is 29.2 Å². The molecule has 146 valence electrons. The first kappa shape index (κ1) is 17.2. The zero-order valence-electron chi connectivity index (χ0n) is 15.7. The molecule has 1 N–H and O–H groups in total. The van der Waals surface area contributed by atoms with E-state index in [0.717, 1.165) is 12.8 Å². The lowest BCUT2D eigenvalue weighted by Crippen LogP contribution is -2.34. The minimum Gasteiger partial charge on any atom is -0.352 e. The van der Waals surface area contributed by atoms with Crippen LogP contribution in [0.3, 0.4) is 0 Å². The van der Waals surface area contributed by atoms with E-state index in [1.807, 2.05) is 4.57 Å². The van der Waals surface area contributed by atoms with Crippen LogP contribution in [0.4, 0.5) is 0 Å². The summed E-state index contributed by atoms with van der Waals surface area (Å²) < 4.78 is 3.48. The van der Waals surface area contributed by atoms with Crippen molar-refractivity contribution in [1.82, 2.24) is 29.5 Å². The van der Waals surface area contributed by atoms with Gasteiger partial charge in [0.05, 0.1) is 0 Å². The van der Waals surface area contributed by atoms with Gasteiger partial charge in [0.2, 0.25) is 0 Å². The van der Waals surface area contributed by atoms with E-state index in [0.29, 0.717) is 43.6 Å². The van der Waals surface area contributed by atoms with Crippen LogP contribution in [-0.4, -0.2) is 55.7 Å². The highest BCUT2D eigenvalue weighted by Crippen LogP contribution is 2.38. The number of likely N-dealkylation sites (tertiary alicyclic amines) is 1. The van der Waals surface area contributed by atoms with Crippen molar-refractivity contribution in [2.24, 2.45) is 18.9 Å². The van der Waals surface area contributed by atoms with Crippen LogP contribution in [0.15, 0.2) is 23.3 Å². The molecule has 1 saturated heterocycles. The van der Waals surface area contributed by atoms with E-state index in [4.69, 9.17) is 0 Å². The maximum absolute atomic E-state index is 12.7. The summed E-state index contributed by atoms with van der Waals surface area (Å²) in [6, 6.07) is 1.71. The van der Waals surface area contributed by atoms with Crippen LogP contribution in [0.1, 0.15) is 45.4 Å². The number of hydrogen-bond donors (Lipinski definition) is 1. The highest BCUT2D eigenvalue weighted by atomic mass is 16.2. The third-order valence-corrected chi connectivity index (χ3v) is 6.05. The number of aryl methyl sites for hydroxylation is 1. The number of amides is 2. The van der Waals surface area contributed by atoms with Gasteiger partial charge < -0.3 is 14.8 Å². The highest BCUT2D eigenvalue weighted by Gasteiger charge is 2.43. The topological polar surface area (TPSA) is 102 Å². The standard InChI is InChI=1S/C19H22N6O3/c1-23-15(4-5-21-23)19(28)25-8-12-7-24-10-14(17(26)20-6-11-2-3-11)18(27)22-16(24)13(12)9-25/h4-5,10-13H,2-3,6-9H2,1H3,(H,20,26)/t12-,13+/m0/s1. The van der Waals surface area contributed by atoms with Crippen molar-refractivity contribution in [3.8, 4) is 0 Å². The molecule has 2 aromatic heterocycles. The Bertz CT molecular complexity index is 1020. The minimum absolute atomic E-state index is 0.0217. The van der Waals surface area contributed by atoms with Gasteiger partial charge in [0, 0.05) is 57.5 Å². The number of fused-ring (bicyclic) bond motifs is 3. The molecule has 2 atom stereocenters. The molecule has 0 radical (unpaired) electrons.